The molecule has 2 aromatic rings. The number of nitrogens with zero attached hydrogens (tertiary/aromatic N) is 2. The predicted molar refractivity (Wildman–Crippen MR) is 96.9 cm³/mol. The molecule has 0 spiro atoms. The number of methoxy groups -OCH3 is 1. The topological polar surface area (TPSA) is 41.9 Å². The average Bonchev–Trinajstić information content (AvgIpc) is 3.03. The van der Waals surface area contributed by atoms with Crippen molar-refractivity contribution in [3.05, 3.63) is 71.8 Å². The number of rotatable bonds is 3. The summed E-state index contributed by atoms with van der Waals surface area (Å²) in [6, 6.07) is 17.8. The minimum absolute atomic E-state index is 0.109. The van der Waals surface area contributed by atoms with E-state index in [0.29, 0.717) is 5.75 Å². The van der Waals surface area contributed by atoms with Crippen molar-refractivity contribution >= 4 is 28.5 Å². The summed E-state index contributed by atoms with van der Waals surface area (Å²) in [6.07, 6.45) is 2.06. The van der Waals surface area contributed by atoms with E-state index in [1.807, 2.05) is 54.6 Å². The van der Waals surface area contributed by atoms with Crippen LogP contribution in [0.25, 0.3) is 5.70 Å². The Labute approximate surface area is 144 Å². The summed E-state index contributed by atoms with van der Waals surface area (Å²) in [6.45, 7) is 0. The molecule has 0 unspecified atom stereocenters. The SMILES string of the molecule is COc1ccc(C2=C[C@H](c3ccccc3)N3C(=O)CSC3=N2)cc1. The van der Waals surface area contributed by atoms with Crippen molar-refractivity contribution in [1.82, 2.24) is 4.90 Å². The lowest BCUT2D eigenvalue weighted by Gasteiger charge is -2.29. The predicted octanol–water partition coefficient (Wildman–Crippen LogP) is 3.72. The van der Waals surface area contributed by atoms with E-state index in [1.165, 1.54) is 11.8 Å². The molecule has 4 nitrogen and oxygen atoms in total. The monoisotopic (exact) mass is 336 g/mol. The number of carbonyl (C=O) groups is 1. The number of carbonyl (C=O) groups excluding carboxylic acids is 1. The molecule has 0 saturated carbocycles. The van der Waals surface area contributed by atoms with Crippen molar-refractivity contribution in [3.8, 4) is 5.75 Å². The van der Waals surface area contributed by atoms with Gasteiger partial charge < -0.3 is 4.74 Å². The fourth-order valence-corrected chi connectivity index (χ4v) is 3.82. The second-order valence-corrected chi connectivity index (χ2v) is 6.53. The third-order valence-electron chi connectivity index (χ3n) is 4.14. The van der Waals surface area contributed by atoms with Crippen molar-refractivity contribution in [1.29, 1.82) is 0 Å². The van der Waals surface area contributed by atoms with Crippen LogP contribution in [0.5, 0.6) is 5.75 Å². The van der Waals surface area contributed by atoms with Gasteiger partial charge in [-0.1, -0.05) is 42.1 Å². The van der Waals surface area contributed by atoms with Gasteiger partial charge in [0.05, 0.1) is 24.6 Å². The molecule has 0 radical (unpaired) electrons. The van der Waals surface area contributed by atoms with Crippen LogP contribution in [0.3, 0.4) is 0 Å². The summed E-state index contributed by atoms with van der Waals surface area (Å²) in [7, 11) is 1.65. The molecular formula is C19H16N2O2S. The Bertz CT molecular complexity index is 828. The van der Waals surface area contributed by atoms with Gasteiger partial charge >= 0.3 is 0 Å². The molecule has 120 valence electrons. The lowest BCUT2D eigenvalue weighted by Crippen LogP contribution is -2.34. The van der Waals surface area contributed by atoms with Gasteiger partial charge in [0.1, 0.15) is 5.75 Å². The van der Waals surface area contributed by atoms with Gasteiger partial charge in [-0.15, -0.1) is 0 Å². The second kappa shape index (κ2) is 6.17. The Morgan fingerprint density at radius 2 is 1.88 bits per heavy atom. The Morgan fingerprint density at radius 3 is 2.58 bits per heavy atom. The van der Waals surface area contributed by atoms with Crippen molar-refractivity contribution in [2.45, 2.75) is 6.04 Å². The maximum Gasteiger partial charge on any atom is 0.239 e. The van der Waals surface area contributed by atoms with E-state index in [2.05, 4.69) is 6.08 Å². The number of amides is 1. The average molecular weight is 336 g/mol. The zero-order valence-electron chi connectivity index (χ0n) is 13.2. The van der Waals surface area contributed by atoms with Crippen LogP contribution in [-0.4, -0.2) is 28.8 Å². The molecule has 1 atom stereocenters. The third kappa shape index (κ3) is 2.61. The van der Waals surface area contributed by atoms with Crippen molar-refractivity contribution < 1.29 is 9.53 Å². The summed E-state index contributed by atoms with van der Waals surface area (Å²) in [4.78, 5) is 18.8. The highest BCUT2D eigenvalue weighted by molar-refractivity contribution is 8.15. The van der Waals surface area contributed by atoms with Crippen molar-refractivity contribution in [2.75, 3.05) is 12.9 Å². The molecule has 2 aliphatic rings. The minimum atomic E-state index is -0.113. The van der Waals surface area contributed by atoms with Gasteiger partial charge in [-0.3, -0.25) is 9.69 Å². The fourth-order valence-electron chi connectivity index (χ4n) is 2.91. The van der Waals surface area contributed by atoms with E-state index in [4.69, 9.17) is 9.73 Å². The van der Waals surface area contributed by atoms with E-state index < -0.39 is 0 Å². The van der Waals surface area contributed by atoms with Gasteiger partial charge in [0.15, 0.2) is 5.17 Å². The van der Waals surface area contributed by atoms with Crippen LogP contribution in [0.2, 0.25) is 0 Å². The quantitative estimate of drug-likeness (QED) is 0.858. The molecule has 24 heavy (non-hydrogen) atoms. The number of amidine groups is 1. The van der Waals surface area contributed by atoms with Crippen LogP contribution in [0.15, 0.2) is 65.7 Å². The van der Waals surface area contributed by atoms with Crippen molar-refractivity contribution in [3.63, 3.8) is 0 Å². The lowest BCUT2D eigenvalue weighted by molar-refractivity contribution is -0.125. The van der Waals surface area contributed by atoms with Crippen LogP contribution in [0, 0.1) is 0 Å². The number of benzene rings is 2. The van der Waals surface area contributed by atoms with Crippen LogP contribution in [-0.2, 0) is 4.79 Å². The maximum atomic E-state index is 12.3. The minimum Gasteiger partial charge on any atom is -0.497 e. The number of hydrogen-bond donors (Lipinski definition) is 0. The van der Waals surface area contributed by atoms with Crippen molar-refractivity contribution in [2.24, 2.45) is 4.99 Å². The Morgan fingerprint density at radius 1 is 1.12 bits per heavy atom. The molecule has 1 amide bonds. The number of fused-ring (bicyclic) bond motifs is 1. The first-order valence-corrected chi connectivity index (χ1v) is 8.69. The number of hydrogen-bond acceptors (Lipinski definition) is 4. The lowest BCUT2D eigenvalue weighted by atomic mass is 10.0. The van der Waals surface area contributed by atoms with Gasteiger partial charge in [-0.05, 0) is 35.9 Å². The van der Waals surface area contributed by atoms with Crippen LogP contribution >= 0.6 is 11.8 Å². The number of aliphatic imine (C=N–C) groups is 1. The molecule has 1 saturated heterocycles. The number of ether oxygens (including phenoxy) is 1. The molecule has 5 heteroatoms. The highest BCUT2D eigenvalue weighted by atomic mass is 32.2. The molecular weight excluding hydrogens is 320 g/mol. The first-order valence-electron chi connectivity index (χ1n) is 7.71. The van der Waals surface area contributed by atoms with Crippen LogP contribution < -0.4 is 4.74 Å². The second-order valence-electron chi connectivity index (χ2n) is 5.58. The van der Waals surface area contributed by atoms with Gasteiger partial charge in [0.2, 0.25) is 5.91 Å². The Balaban J connectivity index is 1.77. The molecule has 0 aromatic heterocycles. The van der Waals surface area contributed by atoms with E-state index in [0.717, 1.165) is 27.7 Å². The molecule has 1 fully saturated rings. The standard InChI is InChI=1S/C19H16N2O2S/c1-23-15-9-7-13(8-10-15)16-11-17(14-5-3-2-4-6-14)21-18(22)12-24-19(21)20-16/h2-11,17H,12H2,1H3/t17-/m1/s1. The smallest absolute Gasteiger partial charge is 0.239 e. The Hall–Kier alpha value is -2.53. The van der Waals surface area contributed by atoms with Gasteiger partial charge in [-0.25, -0.2) is 4.99 Å². The zero-order valence-corrected chi connectivity index (χ0v) is 14.0. The molecule has 2 aromatic carbocycles. The molecule has 2 heterocycles. The summed E-state index contributed by atoms with van der Waals surface area (Å²) >= 11 is 1.50. The fraction of sp³-hybridized carbons (Fsp3) is 0.158. The molecule has 0 N–H and O–H groups in total. The summed E-state index contributed by atoms with van der Waals surface area (Å²) in [5.74, 6) is 1.37. The normalized spacial score (nSPS) is 19.6. The summed E-state index contributed by atoms with van der Waals surface area (Å²) in [5, 5.41) is 0.780. The number of thioether (sulfide) groups is 1. The largest absolute Gasteiger partial charge is 0.497 e. The van der Waals surface area contributed by atoms with E-state index >= 15 is 0 Å². The van der Waals surface area contributed by atoms with Crippen LogP contribution in [0.1, 0.15) is 17.2 Å². The van der Waals surface area contributed by atoms with Gasteiger partial charge in [0.25, 0.3) is 0 Å². The van der Waals surface area contributed by atoms with E-state index in [1.54, 1.807) is 12.0 Å². The molecule has 0 aliphatic carbocycles. The zero-order chi connectivity index (χ0) is 16.5. The summed E-state index contributed by atoms with van der Waals surface area (Å²) in [5.41, 5.74) is 3.00. The van der Waals surface area contributed by atoms with Crippen LogP contribution in [0.4, 0.5) is 0 Å². The first kappa shape index (κ1) is 15.0. The van der Waals surface area contributed by atoms with Gasteiger partial charge in [-0.2, -0.15) is 0 Å². The highest BCUT2D eigenvalue weighted by Gasteiger charge is 2.37. The van der Waals surface area contributed by atoms with E-state index in [9.17, 15) is 4.79 Å². The molecule has 4 rings (SSSR count). The van der Waals surface area contributed by atoms with Gasteiger partial charge in [0, 0.05) is 5.56 Å². The maximum absolute atomic E-state index is 12.3. The molecule has 0 bridgehead atoms. The van der Waals surface area contributed by atoms with E-state index in [-0.39, 0.29) is 11.9 Å². The first-order chi connectivity index (χ1) is 11.8. The Kier molecular flexibility index (Phi) is 3.86. The highest BCUT2D eigenvalue weighted by Crippen LogP contribution is 2.38. The summed E-state index contributed by atoms with van der Waals surface area (Å²) < 4.78 is 5.22. The molecule has 2 aliphatic heterocycles. The third-order valence-corrected chi connectivity index (χ3v) is 5.07.